The molecular formula is C33H38N2O5. The summed E-state index contributed by atoms with van der Waals surface area (Å²) in [5.74, 6) is 1.05. The fourth-order valence-corrected chi connectivity index (χ4v) is 8.19. The molecule has 0 radical (unpaired) electrons. The van der Waals surface area contributed by atoms with Gasteiger partial charge in [-0.25, -0.2) is 0 Å². The Balaban J connectivity index is 1.44. The molecule has 2 bridgehead atoms. The molecular weight excluding hydrogens is 504 g/mol. The summed E-state index contributed by atoms with van der Waals surface area (Å²) in [6.07, 6.45) is 7.87. The molecule has 2 heterocycles. The zero-order valence-electron chi connectivity index (χ0n) is 23.8. The maximum Gasteiger partial charge on any atom is 0.303 e. The molecule has 7 heteroatoms. The third kappa shape index (κ3) is 3.74. The van der Waals surface area contributed by atoms with E-state index in [-0.39, 0.29) is 30.1 Å². The van der Waals surface area contributed by atoms with Crippen molar-refractivity contribution in [3.63, 3.8) is 0 Å². The topological polar surface area (TPSA) is 68.3 Å². The van der Waals surface area contributed by atoms with Crippen molar-refractivity contribution in [2.45, 2.75) is 68.7 Å². The molecule has 2 aliphatic carbocycles. The number of hydrogen-bond acceptors (Lipinski definition) is 6. The Morgan fingerprint density at radius 1 is 1.25 bits per heavy atom. The number of esters is 1. The number of piperidine rings is 1. The number of hydrogen-bond donors (Lipinski definition) is 0. The van der Waals surface area contributed by atoms with E-state index in [2.05, 4.69) is 23.6 Å². The van der Waals surface area contributed by atoms with E-state index in [0.29, 0.717) is 18.6 Å². The van der Waals surface area contributed by atoms with Gasteiger partial charge in [0.25, 0.3) is 0 Å². The summed E-state index contributed by atoms with van der Waals surface area (Å²) in [4.78, 5) is 30.6. The minimum Gasteiger partial charge on any atom is -0.493 e. The molecule has 2 fully saturated rings. The van der Waals surface area contributed by atoms with Gasteiger partial charge in [0.05, 0.1) is 24.6 Å². The second-order valence-electron chi connectivity index (χ2n) is 11.7. The Morgan fingerprint density at radius 2 is 2.08 bits per heavy atom. The van der Waals surface area contributed by atoms with E-state index < -0.39 is 11.0 Å². The first kappa shape index (κ1) is 26.6. The lowest BCUT2D eigenvalue weighted by atomic mass is 9.48. The van der Waals surface area contributed by atoms with E-state index in [9.17, 15) is 9.59 Å². The average Bonchev–Trinajstić information content (AvgIpc) is 3.28. The van der Waals surface area contributed by atoms with Gasteiger partial charge in [0.15, 0.2) is 11.5 Å². The molecule has 1 amide bonds. The quantitative estimate of drug-likeness (QED) is 0.293. The summed E-state index contributed by atoms with van der Waals surface area (Å²) in [6.45, 7) is 9.09. The Bertz CT molecular complexity index is 1400. The van der Waals surface area contributed by atoms with E-state index in [4.69, 9.17) is 14.2 Å². The van der Waals surface area contributed by atoms with Crippen molar-refractivity contribution in [1.82, 2.24) is 9.80 Å². The van der Waals surface area contributed by atoms with Gasteiger partial charge in [-0.05, 0) is 55.9 Å². The van der Waals surface area contributed by atoms with Gasteiger partial charge in [0.2, 0.25) is 5.91 Å². The van der Waals surface area contributed by atoms with E-state index in [1.54, 1.807) is 13.2 Å². The molecule has 210 valence electrons. The van der Waals surface area contributed by atoms with Crippen LogP contribution in [0.1, 0.15) is 48.4 Å². The van der Waals surface area contributed by atoms with Crippen LogP contribution in [0.2, 0.25) is 0 Å². The third-order valence-corrected chi connectivity index (χ3v) is 9.70. The Labute approximate surface area is 236 Å². The van der Waals surface area contributed by atoms with Gasteiger partial charge in [0, 0.05) is 38.7 Å². The molecule has 0 unspecified atom stereocenters. The predicted molar refractivity (Wildman–Crippen MR) is 153 cm³/mol. The van der Waals surface area contributed by atoms with E-state index >= 15 is 0 Å². The number of aryl methyl sites for hydroxylation is 1. The summed E-state index contributed by atoms with van der Waals surface area (Å²) in [7, 11) is 3.52. The lowest BCUT2D eigenvalue weighted by Gasteiger charge is -2.65. The number of benzene rings is 2. The van der Waals surface area contributed by atoms with Crippen LogP contribution in [0.4, 0.5) is 0 Å². The minimum atomic E-state index is -0.771. The van der Waals surface area contributed by atoms with Crippen LogP contribution < -0.4 is 9.47 Å². The second kappa shape index (κ2) is 9.81. The van der Waals surface area contributed by atoms with Crippen LogP contribution in [0.3, 0.4) is 0 Å². The number of carbonyl (C=O) groups is 2. The predicted octanol–water partition coefficient (Wildman–Crippen LogP) is 4.45. The highest BCUT2D eigenvalue weighted by Gasteiger charge is 2.75. The number of carbonyl (C=O) groups excluding carboxylic acids is 2. The summed E-state index contributed by atoms with van der Waals surface area (Å²) in [5.41, 5.74) is 3.08. The van der Waals surface area contributed by atoms with Crippen LogP contribution in [-0.4, -0.2) is 72.7 Å². The first-order chi connectivity index (χ1) is 19.3. The molecule has 1 saturated heterocycles. The fourth-order valence-electron chi connectivity index (χ4n) is 8.19. The maximum atomic E-state index is 13.6. The maximum absolute atomic E-state index is 13.6. The second-order valence-corrected chi connectivity index (χ2v) is 11.7. The minimum absolute atomic E-state index is 0.00994. The van der Waals surface area contributed by atoms with Crippen LogP contribution in [-0.2, 0) is 26.2 Å². The molecule has 0 N–H and O–H groups in total. The number of nitrogens with zero attached hydrogens (tertiary/aromatic N) is 2. The fraction of sp³-hybridized carbons (Fsp3) is 0.455. The van der Waals surface area contributed by atoms with E-state index in [0.717, 1.165) is 48.4 Å². The SMILES string of the molecule is C=CCN1CC[C@]23c4c5ccc(OC)c4O[C@H]2[C@@H](N(C)C(=O)C=Cc2cccc(C)c2)CC[C@@]3(OC(C)=O)[C@H]1C5. The highest BCUT2D eigenvalue weighted by Crippen LogP contribution is 2.67. The standard InChI is InChI=1S/C33H38N2O5/c1-6-17-35-18-16-32-29-24-11-12-26(38-5)30(29)39-31(32)25(14-15-33(32,27(35)20-24)40-22(3)36)34(4)28(37)13-10-23-9-7-8-21(2)19-23/h6-13,19,25,27,31H,1,14-18,20H2,2-5H3/t25-,27+,31-,32-,33+/m0/s1. The molecule has 5 atom stereocenters. The van der Waals surface area contributed by atoms with Crippen molar-refractivity contribution >= 4 is 18.0 Å². The van der Waals surface area contributed by atoms with Crippen LogP contribution in [0.15, 0.2) is 55.1 Å². The molecule has 2 aromatic rings. The summed E-state index contributed by atoms with van der Waals surface area (Å²) >= 11 is 0. The normalized spacial score (nSPS) is 29.9. The molecule has 4 aliphatic rings. The van der Waals surface area contributed by atoms with Crippen LogP contribution in [0, 0.1) is 6.92 Å². The summed E-state index contributed by atoms with van der Waals surface area (Å²) in [5, 5.41) is 0. The number of ether oxygens (including phenoxy) is 3. The highest BCUT2D eigenvalue weighted by molar-refractivity contribution is 5.92. The van der Waals surface area contributed by atoms with Crippen molar-refractivity contribution in [3.8, 4) is 11.5 Å². The third-order valence-electron chi connectivity index (χ3n) is 9.70. The number of likely N-dealkylation sites (N-methyl/N-ethyl adjacent to an activating group) is 1. The molecule has 2 aromatic carbocycles. The summed E-state index contributed by atoms with van der Waals surface area (Å²) in [6, 6.07) is 12.0. The zero-order valence-corrected chi connectivity index (χ0v) is 23.8. The number of methoxy groups -OCH3 is 1. The Hall–Kier alpha value is -3.58. The van der Waals surface area contributed by atoms with Gasteiger partial charge < -0.3 is 19.1 Å². The molecule has 40 heavy (non-hydrogen) atoms. The Kier molecular flexibility index (Phi) is 6.53. The number of rotatable bonds is 7. The van der Waals surface area contributed by atoms with Crippen molar-refractivity contribution in [2.24, 2.45) is 0 Å². The van der Waals surface area contributed by atoms with Crippen molar-refractivity contribution in [3.05, 3.63) is 77.4 Å². The average molecular weight is 543 g/mol. The number of amides is 1. The molecule has 1 spiro atoms. The smallest absolute Gasteiger partial charge is 0.303 e. The first-order valence-electron chi connectivity index (χ1n) is 14.2. The van der Waals surface area contributed by atoms with Crippen molar-refractivity contribution < 1.29 is 23.8 Å². The molecule has 1 saturated carbocycles. The Morgan fingerprint density at radius 3 is 2.80 bits per heavy atom. The van der Waals surface area contributed by atoms with Gasteiger partial charge >= 0.3 is 5.97 Å². The molecule has 0 aromatic heterocycles. The van der Waals surface area contributed by atoms with Gasteiger partial charge in [-0.3, -0.25) is 14.5 Å². The molecule has 7 nitrogen and oxygen atoms in total. The zero-order chi connectivity index (χ0) is 28.2. The van der Waals surface area contributed by atoms with Gasteiger partial charge in [0.1, 0.15) is 11.7 Å². The van der Waals surface area contributed by atoms with Gasteiger partial charge in [-0.2, -0.15) is 0 Å². The lowest BCUT2D eigenvalue weighted by molar-refractivity contribution is -0.222. The molecule has 6 rings (SSSR count). The van der Waals surface area contributed by atoms with E-state index in [1.165, 1.54) is 12.5 Å². The van der Waals surface area contributed by atoms with Crippen molar-refractivity contribution in [1.29, 1.82) is 0 Å². The monoisotopic (exact) mass is 542 g/mol. The highest BCUT2D eigenvalue weighted by atomic mass is 16.6. The van der Waals surface area contributed by atoms with Gasteiger partial charge in [-0.15, -0.1) is 6.58 Å². The van der Waals surface area contributed by atoms with Crippen molar-refractivity contribution in [2.75, 3.05) is 27.2 Å². The first-order valence-corrected chi connectivity index (χ1v) is 14.2. The largest absolute Gasteiger partial charge is 0.493 e. The number of likely N-dealkylation sites (tertiary alicyclic amines) is 1. The van der Waals surface area contributed by atoms with Crippen LogP contribution in [0.25, 0.3) is 6.08 Å². The van der Waals surface area contributed by atoms with E-state index in [1.807, 2.05) is 55.3 Å². The summed E-state index contributed by atoms with van der Waals surface area (Å²) < 4.78 is 19.2. The van der Waals surface area contributed by atoms with Crippen LogP contribution >= 0.6 is 0 Å². The molecule has 2 aliphatic heterocycles. The van der Waals surface area contributed by atoms with Crippen LogP contribution in [0.5, 0.6) is 11.5 Å². The lowest BCUT2D eigenvalue weighted by Crippen LogP contribution is -2.79. The van der Waals surface area contributed by atoms with Gasteiger partial charge in [-0.1, -0.05) is 42.0 Å².